The molecule has 0 heterocycles. The molecule has 0 aromatic heterocycles. The molecule has 10 heavy (non-hydrogen) atoms. The van der Waals surface area contributed by atoms with E-state index in [1.165, 1.54) is 5.56 Å². The van der Waals surface area contributed by atoms with Crippen molar-refractivity contribution in [1.82, 2.24) is 0 Å². The topological polar surface area (TPSA) is 14.1 Å². The van der Waals surface area contributed by atoms with E-state index in [1.54, 1.807) is 0 Å². The first-order chi connectivity index (χ1) is 4.88. The molecule has 0 radical (unpaired) electrons. The van der Waals surface area contributed by atoms with Crippen molar-refractivity contribution < 1.29 is 0 Å². The second-order valence-corrected chi connectivity index (χ2v) is 2.21. The Labute approximate surface area is 62.1 Å². The Hall–Kier alpha value is -0.980. The van der Waals surface area contributed by atoms with Crippen LogP contribution in [0.5, 0.6) is 0 Å². The van der Waals surface area contributed by atoms with Crippen LogP contribution in [0.3, 0.4) is 0 Å². The van der Waals surface area contributed by atoms with E-state index in [1.807, 2.05) is 25.2 Å². The van der Waals surface area contributed by atoms with Gasteiger partial charge in [-0.15, -0.1) is 12.7 Å². The van der Waals surface area contributed by atoms with E-state index in [9.17, 15) is 0 Å². The molecule has 1 nitrogen and oxygen atoms in total. The van der Waals surface area contributed by atoms with Crippen molar-refractivity contribution in [2.45, 2.75) is 13.3 Å². The van der Waals surface area contributed by atoms with E-state index >= 15 is 0 Å². The molecule has 0 aliphatic heterocycles. The van der Waals surface area contributed by atoms with Crippen LogP contribution in [0.4, 0.5) is 5.69 Å². The average molecular weight is 134 g/mol. The predicted molar refractivity (Wildman–Crippen MR) is 44.8 cm³/mol. The number of para-hydroxylation sites is 1. The zero-order chi connectivity index (χ0) is 7.40. The molecule has 0 atom stereocenters. The summed E-state index contributed by atoms with van der Waals surface area (Å²) in [6.07, 6.45) is 1.06. The highest BCUT2D eigenvalue weighted by Crippen LogP contribution is 2.21. The fourth-order valence-electron chi connectivity index (χ4n) is 1.03. The van der Waals surface area contributed by atoms with Gasteiger partial charge < -0.3 is 5.32 Å². The molecule has 0 unspecified atom stereocenters. The Balaban J connectivity index is 2.96. The van der Waals surface area contributed by atoms with Crippen molar-refractivity contribution >= 4 is 5.69 Å². The minimum Gasteiger partial charge on any atom is -0.687 e. The third kappa shape index (κ3) is 1.29. The van der Waals surface area contributed by atoms with Crippen molar-refractivity contribution in [2.24, 2.45) is 0 Å². The molecule has 1 heteroatoms. The summed E-state index contributed by atoms with van der Waals surface area (Å²) in [6, 6.07) is 8.22. The van der Waals surface area contributed by atoms with Gasteiger partial charge in [-0.05, 0) is 6.42 Å². The van der Waals surface area contributed by atoms with Gasteiger partial charge >= 0.3 is 0 Å². The maximum atomic E-state index is 4.14. The molecule has 0 N–H and O–H groups in total. The molecule has 0 saturated carbocycles. The number of rotatable bonds is 2. The second-order valence-electron chi connectivity index (χ2n) is 2.21. The summed E-state index contributed by atoms with van der Waals surface area (Å²) in [5, 5.41) is 4.14. The average Bonchev–Trinajstić information content (AvgIpc) is 2.04. The molecule has 0 spiro atoms. The molecule has 0 amide bonds. The SMILES string of the molecule is CCc1ccccc1[N-]C. The van der Waals surface area contributed by atoms with Crippen molar-refractivity contribution in [3.05, 3.63) is 35.1 Å². The van der Waals surface area contributed by atoms with Crippen LogP contribution in [0.25, 0.3) is 5.32 Å². The number of hydrogen-bond donors (Lipinski definition) is 0. The summed E-state index contributed by atoms with van der Waals surface area (Å²) in [5.74, 6) is 0. The van der Waals surface area contributed by atoms with Crippen LogP contribution < -0.4 is 0 Å². The predicted octanol–water partition coefficient (Wildman–Crippen LogP) is 2.88. The van der Waals surface area contributed by atoms with Crippen LogP contribution in [0.2, 0.25) is 0 Å². The van der Waals surface area contributed by atoms with Crippen LogP contribution in [0, 0.1) is 0 Å². The van der Waals surface area contributed by atoms with Gasteiger partial charge in [-0.2, -0.15) is 0 Å². The third-order valence-electron chi connectivity index (χ3n) is 1.61. The van der Waals surface area contributed by atoms with Crippen LogP contribution >= 0.6 is 0 Å². The van der Waals surface area contributed by atoms with Gasteiger partial charge in [-0.3, -0.25) is 0 Å². The monoisotopic (exact) mass is 134 g/mol. The normalized spacial score (nSPS) is 9.40. The van der Waals surface area contributed by atoms with E-state index in [2.05, 4.69) is 18.3 Å². The fraction of sp³-hybridized carbons (Fsp3) is 0.333. The van der Waals surface area contributed by atoms with E-state index in [0.29, 0.717) is 0 Å². The summed E-state index contributed by atoms with van der Waals surface area (Å²) in [4.78, 5) is 0. The first kappa shape index (κ1) is 7.13. The largest absolute Gasteiger partial charge is 0.687 e. The van der Waals surface area contributed by atoms with Gasteiger partial charge in [0.2, 0.25) is 0 Å². The van der Waals surface area contributed by atoms with Crippen molar-refractivity contribution in [2.75, 3.05) is 7.05 Å². The van der Waals surface area contributed by atoms with Gasteiger partial charge in [0.05, 0.1) is 0 Å². The Bertz CT molecular complexity index is 183. The van der Waals surface area contributed by atoms with Crippen LogP contribution in [0.1, 0.15) is 12.5 Å². The molecular weight excluding hydrogens is 122 g/mol. The molecule has 0 bridgehead atoms. The molecule has 1 aromatic carbocycles. The van der Waals surface area contributed by atoms with Gasteiger partial charge in [-0.1, -0.05) is 36.8 Å². The maximum Gasteiger partial charge on any atom is -0.0320 e. The highest BCUT2D eigenvalue weighted by Gasteiger charge is 1.86. The van der Waals surface area contributed by atoms with E-state index in [-0.39, 0.29) is 0 Å². The quantitative estimate of drug-likeness (QED) is 0.590. The first-order valence-electron chi connectivity index (χ1n) is 3.56. The van der Waals surface area contributed by atoms with Gasteiger partial charge in [0, 0.05) is 0 Å². The number of aryl methyl sites for hydroxylation is 1. The molecule has 1 aromatic rings. The Morgan fingerprint density at radius 3 is 2.50 bits per heavy atom. The van der Waals surface area contributed by atoms with Crippen LogP contribution in [0.15, 0.2) is 24.3 Å². The first-order valence-corrected chi connectivity index (χ1v) is 3.56. The van der Waals surface area contributed by atoms with Gasteiger partial charge in [0.25, 0.3) is 0 Å². The Morgan fingerprint density at radius 1 is 1.30 bits per heavy atom. The highest BCUT2D eigenvalue weighted by molar-refractivity contribution is 5.54. The highest BCUT2D eigenvalue weighted by atomic mass is 14.8. The summed E-state index contributed by atoms with van der Waals surface area (Å²) in [5.41, 5.74) is 2.44. The minimum atomic E-state index is 1.06. The lowest BCUT2D eigenvalue weighted by atomic mass is 10.1. The van der Waals surface area contributed by atoms with E-state index < -0.39 is 0 Å². The lowest BCUT2D eigenvalue weighted by molar-refractivity contribution is 1.14. The van der Waals surface area contributed by atoms with Crippen molar-refractivity contribution in [3.8, 4) is 0 Å². The van der Waals surface area contributed by atoms with Gasteiger partial charge in [-0.25, -0.2) is 0 Å². The molecular formula is C9H12N-. The summed E-state index contributed by atoms with van der Waals surface area (Å²) in [6.45, 7) is 2.14. The zero-order valence-electron chi connectivity index (χ0n) is 6.46. The van der Waals surface area contributed by atoms with Crippen LogP contribution in [-0.4, -0.2) is 7.05 Å². The molecule has 54 valence electrons. The van der Waals surface area contributed by atoms with E-state index in [4.69, 9.17) is 0 Å². The minimum absolute atomic E-state index is 1.06. The van der Waals surface area contributed by atoms with Gasteiger partial charge in [0.15, 0.2) is 0 Å². The van der Waals surface area contributed by atoms with Gasteiger partial charge in [0.1, 0.15) is 0 Å². The number of benzene rings is 1. The maximum absolute atomic E-state index is 4.14. The lowest BCUT2D eigenvalue weighted by Crippen LogP contribution is -1.79. The van der Waals surface area contributed by atoms with Crippen molar-refractivity contribution in [1.29, 1.82) is 0 Å². The smallest absolute Gasteiger partial charge is 0.0320 e. The zero-order valence-corrected chi connectivity index (χ0v) is 6.46. The lowest BCUT2D eigenvalue weighted by Gasteiger charge is -2.17. The molecule has 0 aliphatic rings. The Kier molecular flexibility index (Phi) is 2.32. The third-order valence-corrected chi connectivity index (χ3v) is 1.61. The molecule has 0 fully saturated rings. The standard InChI is InChI=1S/C9H12N/c1-3-8-6-4-5-7-9(8)10-2/h4-7H,3H2,1-2H3/q-1. The number of hydrogen-bond acceptors (Lipinski definition) is 0. The summed E-state index contributed by atoms with van der Waals surface area (Å²) < 4.78 is 0. The second kappa shape index (κ2) is 3.25. The van der Waals surface area contributed by atoms with Crippen LogP contribution in [-0.2, 0) is 6.42 Å². The van der Waals surface area contributed by atoms with E-state index in [0.717, 1.165) is 12.1 Å². The molecule has 0 saturated heterocycles. The fourth-order valence-corrected chi connectivity index (χ4v) is 1.03. The van der Waals surface area contributed by atoms with Crippen molar-refractivity contribution in [3.63, 3.8) is 0 Å². The molecule has 0 aliphatic carbocycles. The Morgan fingerprint density at radius 2 is 2.00 bits per heavy atom. The summed E-state index contributed by atoms with van der Waals surface area (Å²) in [7, 11) is 1.83. The molecule has 1 rings (SSSR count). The summed E-state index contributed by atoms with van der Waals surface area (Å²) >= 11 is 0. The number of nitrogens with zero attached hydrogens (tertiary/aromatic N) is 1.